The molecule has 0 heterocycles. The summed E-state index contributed by atoms with van der Waals surface area (Å²) in [7, 11) is -1.17. The first-order valence-electron chi connectivity index (χ1n) is 4.25. The van der Waals surface area contributed by atoms with Crippen LogP contribution in [0.1, 0.15) is 10.4 Å². The zero-order valence-corrected chi connectivity index (χ0v) is 10.2. The highest BCUT2D eigenvalue weighted by molar-refractivity contribution is 7.98. The highest BCUT2D eigenvalue weighted by Crippen LogP contribution is 2.14. The summed E-state index contributed by atoms with van der Waals surface area (Å²) in [6.45, 7) is 0. The second kappa shape index (κ2) is 5.92. The molecular formula is C10H12O3S2. The predicted octanol–water partition coefficient (Wildman–Crippen LogP) is 1.90. The number of rotatable bonds is 4. The van der Waals surface area contributed by atoms with Gasteiger partial charge in [0.1, 0.15) is 5.94 Å². The van der Waals surface area contributed by atoms with Gasteiger partial charge >= 0.3 is 5.97 Å². The SMILES string of the molecule is CSCOC(=O)c1ccccc1S(C)=O. The van der Waals surface area contributed by atoms with E-state index in [0.29, 0.717) is 16.4 Å². The Hall–Kier alpha value is -0.810. The predicted molar refractivity (Wildman–Crippen MR) is 62.6 cm³/mol. The van der Waals surface area contributed by atoms with Gasteiger partial charge in [-0.2, -0.15) is 0 Å². The average molecular weight is 244 g/mol. The molecule has 1 aromatic carbocycles. The molecule has 0 aromatic heterocycles. The normalized spacial score (nSPS) is 12.1. The molecule has 5 heteroatoms. The molecule has 15 heavy (non-hydrogen) atoms. The first-order valence-corrected chi connectivity index (χ1v) is 7.20. The number of carbonyl (C=O) groups excluding carboxylic acids is 1. The van der Waals surface area contributed by atoms with Gasteiger partial charge in [-0.05, 0) is 18.4 Å². The van der Waals surface area contributed by atoms with Gasteiger partial charge in [0.15, 0.2) is 0 Å². The molecule has 0 fully saturated rings. The Morgan fingerprint density at radius 1 is 1.47 bits per heavy atom. The number of thioether (sulfide) groups is 1. The molecule has 0 aliphatic heterocycles. The van der Waals surface area contributed by atoms with Crippen LogP contribution in [0.4, 0.5) is 0 Å². The Morgan fingerprint density at radius 2 is 2.13 bits per heavy atom. The second-order valence-corrected chi connectivity index (χ2v) is 4.95. The first-order chi connectivity index (χ1) is 7.16. The lowest BCUT2D eigenvalue weighted by molar-refractivity contribution is 0.0575. The Morgan fingerprint density at radius 3 is 2.73 bits per heavy atom. The van der Waals surface area contributed by atoms with E-state index >= 15 is 0 Å². The van der Waals surface area contributed by atoms with E-state index in [1.165, 1.54) is 11.8 Å². The van der Waals surface area contributed by atoms with Gasteiger partial charge in [0.2, 0.25) is 0 Å². The van der Waals surface area contributed by atoms with Gasteiger partial charge in [-0.15, -0.1) is 11.8 Å². The fourth-order valence-electron chi connectivity index (χ4n) is 1.08. The smallest absolute Gasteiger partial charge is 0.340 e. The van der Waals surface area contributed by atoms with Crippen molar-refractivity contribution in [1.82, 2.24) is 0 Å². The summed E-state index contributed by atoms with van der Waals surface area (Å²) < 4.78 is 16.3. The van der Waals surface area contributed by atoms with E-state index in [0.717, 1.165) is 0 Å². The summed E-state index contributed by atoms with van der Waals surface area (Å²) in [5.41, 5.74) is 0.382. The largest absolute Gasteiger partial charge is 0.451 e. The van der Waals surface area contributed by atoms with E-state index in [2.05, 4.69) is 0 Å². The Bertz CT molecular complexity index is 377. The van der Waals surface area contributed by atoms with Gasteiger partial charge in [0.05, 0.1) is 21.3 Å². The highest BCUT2D eigenvalue weighted by atomic mass is 32.2. The van der Waals surface area contributed by atoms with Crippen molar-refractivity contribution in [2.75, 3.05) is 18.5 Å². The van der Waals surface area contributed by atoms with Gasteiger partial charge in [0, 0.05) is 6.26 Å². The minimum atomic E-state index is -1.17. The van der Waals surface area contributed by atoms with Crippen molar-refractivity contribution in [1.29, 1.82) is 0 Å². The quantitative estimate of drug-likeness (QED) is 0.599. The molecule has 0 amide bonds. The van der Waals surface area contributed by atoms with Gasteiger partial charge in [0.25, 0.3) is 0 Å². The Balaban J connectivity index is 2.92. The number of hydrogen-bond acceptors (Lipinski definition) is 4. The minimum Gasteiger partial charge on any atom is -0.451 e. The summed E-state index contributed by atoms with van der Waals surface area (Å²) in [6, 6.07) is 6.78. The van der Waals surface area contributed by atoms with E-state index < -0.39 is 16.8 Å². The summed E-state index contributed by atoms with van der Waals surface area (Å²) in [4.78, 5) is 12.1. The van der Waals surface area contributed by atoms with Crippen molar-refractivity contribution in [3.05, 3.63) is 29.8 Å². The molecule has 0 saturated heterocycles. The van der Waals surface area contributed by atoms with Crippen molar-refractivity contribution in [2.45, 2.75) is 4.90 Å². The minimum absolute atomic E-state index is 0.309. The summed E-state index contributed by atoms with van der Waals surface area (Å²) >= 11 is 1.42. The van der Waals surface area contributed by atoms with Crippen molar-refractivity contribution in [3.8, 4) is 0 Å². The lowest BCUT2D eigenvalue weighted by Crippen LogP contribution is -2.08. The number of hydrogen-bond donors (Lipinski definition) is 0. The molecule has 1 atom stereocenters. The molecule has 1 aromatic rings. The highest BCUT2D eigenvalue weighted by Gasteiger charge is 2.13. The maximum Gasteiger partial charge on any atom is 0.340 e. The van der Waals surface area contributed by atoms with Crippen molar-refractivity contribution in [2.24, 2.45) is 0 Å². The van der Waals surface area contributed by atoms with Crippen LogP contribution in [-0.2, 0) is 15.5 Å². The third kappa shape index (κ3) is 3.35. The Kier molecular flexibility index (Phi) is 4.84. The maximum absolute atomic E-state index is 11.6. The summed E-state index contributed by atoms with van der Waals surface area (Å²) in [5, 5.41) is 0. The van der Waals surface area contributed by atoms with Crippen LogP contribution < -0.4 is 0 Å². The monoisotopic (exact) mass is 244 g/mol. The van der Waals surface area contributed by atoms with Gasteiger partial charge in [-0.1, -0.05) is 12.1 Å². The van der Waals surface area contributed by atoms with Crippen LogP contribution >= 0.6 is 11.8 Å². The molecule has 3 nitrogen and oxygen atoms in total. The standard InChI is InChI=1S/C10H12O3S2/c1-14-7-13-10(11)8-5-3-4-6-9(8)15(2)12/h3-6H,7H2,1-2H3. The van der Waals surface area contributed by atoms with E-state index in [1.807, 2.05) is 6.26 Å². The van der Waals surface area contributed by atoms with Crippen molar-refractivity contribution < 1.29 is 13.7 Å². The zero-order chi connectivity index (χ0) is 11.3. The fraction of sp³-hybridized carbons (Fsp3) is 0.300. The molecular weight excluding hydrogens is 232 g/mol. The van der Waals surface area contributed by atoms with E-state index in [1.54, 1.807) is 30.5 Å². The lowest BCUT2D eigenvalue weighted by Gasteiger charge is -2.06. The molecule has 0 radical (unpaired) electrons. The van der Waals surface area contributed by atoms with Crippen molar-refractivity contribution in [3.63, 3.8) is 0 Å². The van der Waals surface area contributed by atoms with Crippen LogP contribution in [0.2, 0.25) is 0 Å². The molecule has 1 unspecified atom stereocenters. The summed E-state index contributed by atoms with van der Waals surface area (Å²) in [5.74, 6) is -0.112. The van der Waals surface area contributed by atoms with Crippen LogP contribution in [0.25, 0.3) is 0 Å². The van der Waals surface area contributed by atoms with E-state index in [4.69, 9.17) is 4.74 Å². The molecule has 82 valence electrons. The molecule has 0 N–H and O–H groups in total. The molecule has 0 bridgehead atoms. The van der Waals surface area contributed by atoms with Gasteiger partial charge < -0.3 is 4.74 Å². The number of carbonyl (C=O) groups is 1. The summed E-state index contributed by atoms with van der Waals surface area (Å²) in [6.07, 6.45) is 3.39. The maximum atomic E-state index is 11.6. The van der Waals surface area contributed by atoms with Gasteiger partial charge in [-0.25, -0.2) is 4.79 Å². The van der Waals surface area contributed by atoms with Gasteiger partial charge in [-0.3, -0.25) is 4.21 Å². The molecule has 0 aliphatic rings. The number of ether oxygens (including phenoxy) is 1. The van der Waals surface area contributed by atoms with E-state index in [-0.39, 0.29) is 0 Å². The number of esters is 1. The molecule has 1 rings (SSSR count). The van der Waals surface area contributed by atoms with E-state index in [9.17, 15) is 9.00 Å². The van der Waals surface area contributed by atoms with Crippen LogP contribution in [0, 0.1) is 0 Å². The van der Waals surface area contributed by atoms with Crippen LogP contribution in [0.3, 0.4) is 0 Å². The fourth-order valence-corrected chi connectivity index (χ4v) is 2.03. The second-order valence-electron chi connectivity index (χ2n) is 2.79. The van der Waals surface area contributed by atoms with Crippen LogP contribution in [-0.4, -0.2) is 28.6 Å². The molecule has 0 saturated carbocycles. The third-order valence-corrected chi connectivity index (χ3v) is 3.05. The molecule has 0 aliphatic carbocycles. The zero-order valence-electron chi connectivity index (χ0n) is 8.56. The Labute approximate surface area is 95.7 Å². The number of benzene rings is 1. The van der Waals surface area contributed by atoms with Crippen LogP contribution in [0.15, 0.2) is 29.2 Å². The average Bonchev–Trinajstić information content (AvgIpc) is 2.25. The van der Waals surface area contributed by atoms with Crippen LogP contribution in [0.5, 0.6) is 0 Å². The molecule has 0 spiro atoms. The lowest BCUT2D eigenvalue weighted by atomic mass is 10.2. The topological polar surface area (TPSA) is 43.4 Å². The third-order valence-electron chi connectivity index (χ3n) is 1.72. The first kappa shape index (κ1) is 12.3. The van der Waals surface area contributed by atoms with Crippen molar-refractivity contribution >= 4 is 28.5 Å².